The molecule has 100 valence electrons. The van der Waals surface area contributed by atoms with Gasteiger partial charge in [0.05, 0.1) is 0 Å². The van der Waals surface area contributed by atoms with Gasteiger partial charge in [-0.2, -0.15) is 0 Å². The van der Waals surface area contributed by atoms with Crippen LogP contribution in [0.15, 0.2) is 30.3 Å². The third kappa shape index (κ3) is 3.31. The molecule has 1 unspecified atom stereocenters. The minimum Gasteiger partial charge on any atom is -0.396 e. The van der Waals surface area contributed by atoms with E-state index in [4.69, 9.17) is 0 Å². The Morgan fingerprint density at radius 1 is 1.33 bits per heavy atom. The first-order valence-electron chi connectivity index (χ1n) is 6.77. The lowest BCUT2D eigenvalue weighted by molar-refractivity contribution is -0.0594. The quantitative estimate of drug-likeness (QED) is 0.856. The molecule has 1 aliphatic heterocycles. The van der Waals surface area contributed by atoms with Crippen LogP contribution in [-0.4, -0.2) is 34.5 Å². The summed E-state index contributed by atoms with van der Waals surface area (Å²) >= 11 is 0. The molecule has 3 heteroatoms. The predicted molar refractivity (Wildman–Crippen MR) is 71.8 cm³/mol. The Morgan fingerprint density at radius 2 is 2.06 bits per heavy atom. The largest absolute Gasteiger partial charge is 0.396 e. The molecule has 0 amide bonds. The van der Waals surface area contributed by atoms with E-state index in [0.717, 1.165) is 25.9 Å². The number of piperidine rings is 1. The summed E-state index contributed by atoms with van der Waals surface area (Å²) in [5.41, 5.74) is 1.24. The Balaban J connectivity index is 1.90. The van der Waals surface area contributed by atoms with Gasteiger partial charge in [-0.25, -0.2) is 0 Å². The summed E-state index contributed by atoms with van der Waals surface area (Å²) < 4.78 is 0. The summed E-state index contributed by atoms with van der Waals surface area (Å²) in [6, 6.07) is 10.3. The molecule has 0 radical (unpaired) electrons. The highest BCUT2D eigenvalue weighted by Gasteiger charge is 2.29. The molecular formula is C15H23NO2. The van der Waals surface area contributed by atoms with E-state index in [1.165, 1.54) is 5.56 Å². The van der Waals surface area contributed by atoms with Crippen LogP contribution in [0.1, 0.15) is 25.3 Å². The minimum absolute atomic E-state index is 0.218. The van der Waals surface area contributed by atoms with Gasteiger partial charge in [-0.15, -0.1) is 0 Å². The molecule has 3 nitrogen and oxygen atoms in total. The molecule has 1 heterocycles. The Kier molecular flexibility index (Phi) is 4.75. The molecule has 2 N–H and O–H groups in total. The Morgan fingerprint density at radius 3 is 2.67 bits per heavy atom. The van der Waals surface area contributed by atoms with Gasteiger partial charge in [-0.1, -0.05) is 37.3 Å². The van der Waals surface area contributed by atoms with Crippen LogP contribution in [0.5, 0.6) is 0 Å². The normalized spacial score (nSPS) is 27.1. The molecule has 2 rings (SSSR count). The van der Waals surface area contributed by atoms with E-state index >= 15 is 0 Å². The predicted octanol–water partition coefficient (Wildman–Crippen LogP) is 1.85. The second kappa shape index (κ2) is 6.32. The minimum atomic E-state index is -0.377. The third-order valence-corrected chi connectivity index (χ3v) is 4.04. The monoisotopic (exact) mass is 249 g/mol. The van der Waals surface area contributed by atoms with Gasteiger partial charge in [-0.3, -0.25) is 4.90 Å². The number of hydrogen-bond donors (Lipinski definition) is 2. The van der Waals surface area contributed by atoms with Gasteiger partial charge in [0.2, 0.25) is 0 Å². The maximum atomic E-state index is 10.2. The van der Waals surface area contributed by atoms with Gasteiger partial charge >= 0.3 is 0 Å². The summed E-state index contributed by atoms with van der Waals surface area (Å²) in [5.74, 6) is 0.732. The van der Waals surface area contributed by atoms with Crippen molar-refractivity contribution in [1.29, 1.82) is 0 Å². The number of hydrogen-bond acceptors (Lipinski definition) is 3. The SMILES string of the molecule is CC(CO)[C@H]1CCN(Cc2ccccc2)[C@H](O)C1. The van der Waals surface area contributed by atoms with Crippen molar-refractivity contribution in [3.63, 3.8) is 0 Å². The van der Waals surface area contributed by atoms with Crippen LogP contribution in [0.3, 0.4) is 0 Å². The number of aliphatic hydroxyl groups is 2. The highest BCUT2D eigenvalue weighted by molar-refractivity contribution is 5.14. The van der Waals surface area contributed by atoms with E-state index in [1.54, 1.807) is 0 Å². The van der Waals surface area contributed by atoms with E-state index < -0.39 is 0 Å². The zero-order chi connectivity index (χ0) is 13.0. The fourth-order valence-corrected chi connectivity index (χ4v) is 2.69. The molecular weight excluding hydrogens is 226 g/mol. The first-order chi connectivity index (χ1) is 8.70. The van der Waals surface area contributed by atoms with Crippen LogP contribution in [0.4, 0.5) is 0 Å². The molecule has 1 aromatic carbocycles. The first-order valence-corrected chi connectivity index (χ1v) is 6.77. The maximum absolute atomic E-state index is 10.2. The van der Waals surface area contributed by atoms with E-state index in [-0.39, 0.29) is 12.8 Å². The lowest BCUT2D eigenvalue weighted by Crippen LogP contribution is -2.43. The highest BCUT2D eigenvalue weighted by atomic mass is 16.3. The van der Waals surface area contributed by atoms with Crippen LogP contribution in [0.25, 0.3) is 0 Å². The smallest absolute Gasteiger partial charge is 0.107 e. The van der Waals surface area contributed by atoms with Crippen LogP contribution >= 0.6 is 0 Å². The van der Waals surface area contributed by atoms with Crippen molar-refractivity contribution >= 4 is 0 Å². The van der Waals surface area contributed by atoms with E-state index in [9.17, 15) is 10.2 Å². The lowest BCUT2D eigenvalue weighted by Gasteiger charge is -2.38. The first kappa shape index (κ1) is 13.5. The molecule has 0 bridgehead atoms. The summed E-state index contributed by atoms with van der Waals surface area (Å²) in [6.45, 7) is 3.99. The standard InChI is InChI=1S/C15H23NO2/c1-12(11-17)14-7-8-16(15(18)9-14)10-13-5-3-2-4-6-13/h2-6,12,14-15,17-18H,7-11H2,1H3/t12?,14-,15+/m0/s1. The molecule has 0 saturated carbocycles. The Labute approximate surface area is 109 Å². The average Bonchev–Trinajstić information content (AvgIpc) is 2.41. The Bertz CT molecular complexity index is 355. The van der Waals surface area contributed by atoms with E-state index in [0.29, 0.717) is 11.8 Å². The van der Waals surface area contributed by atoms with Gasteiger partial charge < -0.3 is 10.2 Å². The van der Waals surface area contributed by atoms with Crippen molar-refractivity contribution < 1.29 is 10.2 Å². The molecule has 1 saturated heterocycles. The third-order valence-electron chi connectivity index (χ3n) is 4.04. The highest BCUT2D eigenvalue weighted by Crippen LogP contribution is 2.28. The molecule has 0 spiro atoms. The van der Waals surface area contributed by atoms with Crippen molar-refractivity contribution in [3.8, 4) is 0 Å². The molecule has 18 heavy (non-hydrogen) atoms. The Hall–Kier alpha value is -0.900. The van der Waals surface area contributed by atoms with Crippen molar-refractivity contribution in [3.05, 3.63) is 35.9 Å². The summed E-state index contributed by atoms with van der Waals surface area (Å²) in [6.07, 6.45) is 1.46. The zero-order valence-corrected chi connectivity index (χ0v) is 11.0. The fraction of sp³-hybridized carbons (Fsp3) is 0.600. The van der Waals surface area contributed by atoms with E-state index in [2.05, 4.69) is 24.0 Å². The van der Waals surface area contributed by atoms with Crippen molar-refractivity contribution in [2.75, 3.05) is 13.2 Å². The fourth-order valence-electron chi connectivity index (χ4n) is 2.69. The van der Waals surface area contributed by atoms with Crippen LogP contribution in [0, 0.1) is 11.8 Å². The van der Waals surface area contributed by atoms with Gasteiger partial charge in [0, 0.05) is 19.7 Å². The number of benzene rings is 1. The van der Waals surface area contributed by atoms with Crippen molar-refractivity contribution in [2.24, 2.45) is 11.8 Å². The molecule has 3 atom stereocenters. The van der Waals surface area contributed by atoms with Crippen molar-refractivity contribution in [2.45, 2.75) is 32.5 Å². The van der Waals surface area contributed by atoms with Crippen molar-refractivity contribution in [1.82, 2.24) is 4.90 Å². The van der Waals surface area contributed by atoms with Gasteiger partial charge in [0.15, 0.2) is 0 Å². The molecule has 1 aromatic rings. The zero-order valence-electron chi connectivity index (χ0n) is 11.0. The summed E-state index contributed by atoms with van der Waals surface area (Å²) in [5, 5.41) is 19.4. The van der Waals surface area contributed by atoms with Gasteiger partial charge in [0.1, 0.15) is 6.23 Å². The number of nitrogens with zero attached hydrogens (tertiary/aromatic N) is 1. The van der Waals surface area contributed by atoms with Gasteiger partial charge in [0.25, 0.3) is 0 Å². The topological polar surface area (TPSA) is 43.7 Å². The molecule has 0 aromatic heterocycles. The molecule has 1 aliphatic rings. The van der Waals surface area contributed by atoms with Crippen LogP contribution in [-0.2, 0) is 6.54 Å². The maximum Gasteiger partial charge on any atom is 0.107 e. The second-order valence-electron chi connectivity index (χ2n) is 5.38. The summed E-state index contributed by atoms with van der Waals surface area (Å²) in [4.78, 5) is 2.12. The number of aliphatic hydroxyl groups excluding tert-OH is 2. The van der Waals surface area contributed by atoms with Gasteiger partial charge in [-0.05, 0) is 30.2 Å². The van der Waals surface area contributed by atoms with Crippen LogP contribution < -0.4 is 0 Å². The molecule has 0 aliphatic carbocycles. The van der Waals surface area contributed by atoms with E-state index in [1.807, 2.05) is 18.2 Å². The lowest BCUT2D eigenvalue weighted by atomic mass is 9.85. The second-order valence-corrected chi connectivity index (χ2v) is 5.38. The molecule has 1 fully saturated rings. The number of likely N-dealkylation sites (tertiary alicyclic amines) is 1. The van der Waals surface area contributed by atoms with Crippen LogP contribution in [0.2, 0.25) is 0 Å². The average molecular weight is 249 g/mol. The summed E-state index contributed by atoms with van der Waals surface area (Å²) in [7, 11) is 0. The number of rotatable bonds is 4.